The lowest BCUT2D eigenvalue weighted by atomic mass is 10.5. The van der Waals surface area contributed by atoms with Crippen LogP contribution in [0.3, 0.4) is 0 Å². The summed E-state index contributed by atoms with van der Waals surface area (Å²) >= 11 is 0. The second-order valence-corrected chi connectivity index (χ2v) is 43.2. The minimum atomic E-state index is -4.89. The average Bonchev–Trinajstić information content (AvgIpc) is 0.720. The molecule has 0 atom stereocenters. The summed E-state index contributed by atoms with van der Waals surface area (Å²) in [5.74, 6) is -6.05. The van der Waals surface area contributed by atoms with Crippen molar-refractivity contribution in [1.82, 2.24) is 0 Å². The number of rotatable bonds is 40. The van der Waals surface area contributed by atoms with Gasteiger partial charge in [-0.05, 0) is 51.4 Å². The summed E-state index contributed by atoms with van der Waals surface area (Å²) in [7, 11) is -39.1. The summed E-state index contributed by atoms with van der Waals surface area (Å²) in [6.07, 6.45) is 7.33. The first kappa shape index (κ1) is 69.7. The van der Waals surface area contributed by atoms with Crippen LogP contribution in [0.1, 0.15) is 51.4 Å². The first-order valence-electron chi connectivity index (χ1n) is 26.9. The molecule has 0 aromatic heterocycles. The summed E-state index contributed by atoms with van der Waals surface area (Å²) in [5, 5.41) is 0. The third-order valence-corrected chi connectivity index (χ3v) is 49.6. The van der Waals surface area contributed by atoms with Gasteiger partial charge in [-0.3, -0.25) is 0 Å². The Bertz CT molecular complexity index is 1900. The molecule has 0 spiro atoms. The molecular weight excluding hydrogens is 1250 g/mol. The number of esters is 8. The van der Waals surface area contributed by atoms with Gasteiger partial charge in [-0.1, -0.05) is 52.6 Å². The zero-order valence-corrected chi connectivity index (χ0v) is 54.7. The third kappa shape index (κ3) is 20.5. The van der Waals surface area contributed by atoms with Crippen molar-refractivity contribution < 1.29 is 126 Å². The van der Waals surface area contributed by atoms with Crippen molar-refractivity contribution in [2.24, 2.45) is 0 Å². The van der Waals surface area contributed by atoms with Crippen LogP contribution in [0.4, 0.5) is 0 Å². The number of hydrogen-bond donors (Lipinski definition) is 0. The molecule has 8 bridgehead atoms. The molecule has 464 valence electrons. The van der Waals surface area contributed by atoms with E-state index in [-0.39, 0.29) is 153 Å². The molecule has 0 aromatic carbocycles. The second-order valence-electron chi connectivity index (χ2n) is 18.5. The molecule has 0 amide bonds. The van der Waals surface area contributed by atoms with Crippen molar-refractivity contribution in [2.75, 3.05) is 52.9 Å². The molecule has 6 aliphatic rings. The standard InChI is InChI=1S/C48H72O28Si8/c1-9-41(49)57-25-17-33-77-65-78(34-18-26-58-42(50)10-2)68-81(37-21-29-61-45(53)13-5)70-79(66-77,35-19-27-59-43(51)11-3)72-83(39-23-31-63-47(55)15-7)73-80(67-77,36-20-28-60-44(52)12-4)71-82(69-78,38-22-30-62-46(54)14-6)75-84(74-81,76-83)40-24-32-64-48(56)16-8/h9-16H,1-8,17-40H2. The maximum atomic E-state index is 12.5. The normalized spacial score (nSPS) is 28.8. The lowest BCUT2D eigenvalue weighted by Crippen LogP contribution is -2.88. The van der Waals surface area contributed by atoms with Crippen molar-refractivity contribution in [3.8, 4) is 0 Å². The van der Waals surface area contributed by atoms with E-state index in [2.05, 4.69) is 52.6 Å². The number of hydrogen-bond acceptors (Lipinski definition) is 28. The molecule has 36 heteroatoms. The van der Waals surface area contributed by atoms with E-state index >= 15 is 0 Å². The van der Waals surface area contributed by atoms with E-state index in [1.54, 1.807) is 0 Å². The van der Waals surface area contributed by atoms with Crippen LogP contribution < -0.4 is 0 Å². The predicted molar refractivity (Wildman–Crippen MR) is 304 cm³/mol. The highest BCUT2D eigenvalue weighted by Gasteiger charge is 2.83. The zero-order chi connectivity index (χ0) is 61.4. The molecule has 6 heterocycles. The van der Waals surface area contributed by atoms with E-state index in [9.17, 15) is 38.4 Å². The predicted octanol–water partition coefficient (Wildman–Crippen LogP) is 4.72. The van der Waals surface area contributed by atoms with Crippen molar-refractivity contribution in [2.45, 2.75) is 99.7 Å². The SMILES string of the molecule is C=CC(=O)OCCC[Si]12O[Si]3(CCCOC(=O)C=C)O[Si]4(CCCOC(=O)C=C)O[Si](CCCOC(=O)C=C)(O1)O[Si]1(CCCOC(=O)C=C)O[Si](CCCOC(=O)C=C)(O2)O[Si](CCCOC(=O)C=C)(O3)O[Si](CCCOC(=O)C=C)(O4)O1. The van der Waals surface area contributed by atoms with Crippen molar-refractivity contribution in [3.05, 3.63) is 101 Å². The van der Waals surface area contributed by atoms with Gasteiger partial charge in [0, 0.05) is 97.0 Å². The number of carbonyl (C=O) groups is 8. The first-order chi connectivity index (χ1) is 40.1. The Hall–Kier alpha value is -5.06. The monoisotopic (exact) mass is 1320 g/mol. The Balaban J connectivity index is 1.93. The van der Waals surface area contributed by atoms with E-state index in [4.69, 9.17) is 87.3 Å². The molecular formula is C48H72O28Si8. The maximum absolute atomic E-state index is 12.5. The number of carbonyl (C=O) groups excluding carboxylic acids is 8. The highest BCUT2D eigenvalue weighted by Crippen LogP contribution is 2.55. The molecule has 6 saturated heterocycles. The summed E-state index contributed by atoms with van der Waals surface area (Å²) in [6, 6.07) is -2.01. The second kappa shape index (κ2) is 32.6. The summed E-state index contributed by atoms with van der Waals surface area (Å²) < 4.78 is 135. The third-order valence-electron chi connectivity index (χ3n) is 12.0. The van der Waals surface area contributed by atoms with Crippen LogP contribution in [0.25, 0.3) is 0 Å². The molecule has 0 aromatic rings. The topological polar surface area (TPSA) is 321 Å². The summed E-state index contributed by atoms with van der Waals surface area (Å²) in [6.45, 7) is 25.9. The molecule has 28 nitrogen and oxygen atoms in total. The fourth-order valence-corrected chi connectivity index (χ4v) is 58.9. The molecule has 0 N–H and O–H groups in total. The lowest BCUT2D eigenvalue weighted by molar-refractivity contribution is -0.138. The lowest BCUT2D eigenvalue weighted by Gasteiger charge is -2.63. The fraction of sp³-hybridized carbons (Fsp3) is 0.500. The molecule has 6 fully saturated rings. The van der Waals surface area contributed by atoms with Gasteiger partial charge in [-0.15, -0.1) is 0 Å². The zero-order valence-electron chi connectivity index (χ0n) is 46.7. The smallest absolute Gasteiger partial charge is 0.463 e. The van der Waals surface area contributed by atoms with Gasteiger partial charge in [0.05, 0.1) is 52.9 Å². The van der Waals surface area contributed by atoms with Gasteiger partial charge < -0.3 is 87.3 Å². The Morgan fingerprint density at radius 1 is 0.214 bits per heavy atom. The van der Waals surface area contributed by atoms with Gasteiger partial charge in [-0.25, -0.2) is 38.4 Å². The maximum Gasteiger partial charge on any atom is 0.479 e. The largest absolute Gasteiger partial charge is 0.479 e. The van der Waals surface area contributed by atoms with Gasteiger partial charge in [0.15, 0.2) is 0 Å². The molecule has 0 radical (unpaired) electrons. The van der Waals surface area contributed by atoms with Gasteiger partial charge in [-0.2, -0.15) is 0 Å². The van der Waals surface area contributed by atoms with E-state index in [1.807, 2.05) is 0 Å². The highest BCUT2D eigenvalue weighted by atomic mass is 28.6. The first-order valence-corrected chi connectivity index (χ1v) is 42.3. The van der Waals surface area contributed by atoms with Crippen LogP contribution in [-0.4, -0.2) is 171 Å². The highest BCUT2D eigenvalue weighted by molar-refractivity contribution is 7.03. The average molecular weight is 1320 g/mol. The number of ether oxygens (including phenoxy) is 8. The Morgan fingerprint density at radius 2 is 0.310 bits per heavy atom. The molecule has 0 aliphatic carbocycles. The van der Waals surface area contributed by atoms with Crippen LogP contribution in [-0.2, 0) is 126 Å². The summed E-state index contributed by atoms with van der Waals surface area (Å²) in [5.41, 5.74) is 0. The van der Waals surface area contributed by atoms with Crippen LogP contribution >= 0.6 is 0 Å². The van der Waals surface area contributed by atoms with E-state index in [1.165, 1.54) is 0 Å². The van der Waals surface area contributed by atoms with E-state index in [0.29, 0.717) is 0 Å². The van der Waals surface area contributed by atoms with Gasteiger partial charge >= 0.3 is 118 Å². The van der Waals surface area contributed by atoms with Crippen LogP contribution in [0, 0.1) is 0 Å². The summed E-state index contributed by atoms with van der Waals surface area (Å²) in [4.78, 5) is 100. The van der Waals surface area contributed by atoms with Crippen molar-refractivity contribution >= 4 is 118 Å². The van der Waals surface area contributed by atoms with E-state index < -0.39 is 118 Å². The quantitative estimate of drug-likeness (QED) is 0.0263. The molecule has 6 rings (SSSR count). The molecule has 84 heavy (non-hydrogen) atoms. The minimum absolute atomic E-state index is 0.0578. The van der Waals surface area contributed by atoms with Crippen LogP contribution in [0.5, 0.6) is 0 Å². The molecule has 0 saturated carbocycles. The van der Waals surface area contributed by atoms with Gasteiger partial charge in [0.1, 0.15) is 0 Å². The van der Waals surface area contributed by atoms with Crippen LogP contribution in [0.2, 0.25) is 48.4 Å². The molecule has 0 unspecified atom stereocenters. The van der Waals surface area contributed by atoms with Gasteiger partial charge in [0.25, 0.3) is 0 Å². The minimum Gasteiger partial charge on any atom is -0.463 e. The van der Waals surface area contributed by atoms with Crippen molar-refractivity contribution in [1.29, 1.82) is 0 Å². The van der Waals surface area contributed by atoms with Gasteiger partial charge in [0.2, 0.25) is 0 Å². The van der Waals surface area contributed by atoms with Crippen molar-refractivity contribution in [3.63, 3.8) is 0 Å². The molecule has 6 aliphatic heterocycles. The Labute approximate surface area is 495 Å². The Morgan fingerprint density at radius 3 is 0.393 bits per heavy atom. The Kier molecular flexibility index (Phi) is 27.1. The van der Waals surface area contributed by atoms with E-state index in [0.717, 1.165) is 48.6 Å². The van der Waals surface area contributed by atoms with Crippen LogP contribution in [0.15, 0.2) is 101 Å². The fourth-order valence-electron chi connectivity index (χ4n) is 8.73.